The van der Waals surface area contributed by atoms with Crippen molar-refractivity contribution in [1.82, 2.24) is 9.80 Å². The second-order valence-electron chi connectivity index (χ2n) is 18.0. The predicted octanol–water partition coefficient (Wildman–Crippen LogP) is 13.4. The van der Waals surface area contributed by atoms with Gasteiger partial charge in [-0.3, -0.25) is 0 Å². The number of carboxylic acids is 2. The smallest absolute Gasteiger partial charge is 0.550 e. The van der Waals surface area contributed by atoms with Gasteiger partial charge in [0.15, 0.2) is 0 Å². The number of carboxylic acid groups (broad SMARTS) is 2. The fraction of sp³-hybridized carbons (Fsp3) is 0.962. The van der Waals surface area contributed by atoms with Crippen LogP contribution < -0.4 is 10.2 Å². The Hall–Kier alpha value is 0.120. The van der Waals surface area contributed by atoms with Crippen molar-refractivity contribution in [2.45, 2.75) is 298 Å². The average Bonchev–Trinajstić information content (AvgIpc) is 3.20. The molecule has 0 spiro atoms. The number of hydrogen-bond donors (Lipinski definition) is 0. The van der Waals surface area contributed by atoms with E-state index < -0.39 is 11.9 Å². The van der Waals surface area contributed by atoms with Crippen LogP contribution in [0.5, 0.6) is 0 Å². The summed E-state index contributed by atoms with van der Waals surface area (Å²) in [7, 11) is 0. The van der Waals surface area contributed by atoms with Gasteiger partial charge in [0.25, 0.3) is 0 Å². The summed E-state index contributed by atoms with van der Waals surface area (Å²) in [5.41, 5.74) is 0. The second kappa shape index (κ2) is 52.5. The first-order chi connectivity index (χ1) is 28.3. The zero-order chi connectivity index (χ0) is 43.2. The van der Waals surface area contributed by atoms with Crippen molar-refractivity contribution < 1.29 is 19.8 Å². The Balaban J connectivity index is -0.00000105. The minimum atomic E-state index is -0.889. The van der Waals surface area contributed by atoms with E-state index in [4.69, 9.17) is 0 Å². The van der Waals surface area contributed by atoms with E-state index in [1.807, 2.05) is 0 Å². The largest absolute Gasteiger partial charge is 2.00 e. The number of nitrogens with zero attached hydrogens (tertiary/aromatic N) is 2. The molecular weight excluding hydrogens is 757 g/mol. The maximum atomic E-state index is 11.3. The molecule has 0 heterocycles. The first kappa shape index (κ1) is 63.4. The molecule has 0 saturated heterocycles. The molecule has 0 bridgehead atoms. The van der Waals surface area contributed by atoms with Crippen molar-refractivity contribution in [2.75, 3.05) is 26.2 Å². The minimum Gasteiger partial charge on any atom is -0.550 e. The topological polar surface area (TPSA) is 86.7 Å². The van der Waals surface area contributed by atoms with Gasteiger partial charge in [-0.05, 0) is 64.7 Å². The Morgan fingerprint density at radius 1 is 0.322 bits per heavy atom. The van der Waals surface area contributed by atoms with E-state index in [9.17, 15) is 19.8 Å². The normalized spacial score (nSPS) is 12.3. The fourth-order valence-electron chi connectivity index (χ4n) is 8.63. The first-order valence-electron chi connectivity index (χ1n) is 26.2. The Bertz CT molecular complexity index is 725. The molecule has 0 saturated carbocycles. The van der Waals surface area contributed by atoms with Gasteiger partial charge in [0, 0.05) is 36.9 Å². The summed E-state index contributed by atoms with van der Waals surface area (Å²) in [6, 6.07) is 0.332. The zero-order valence-electron chi connectivity index (χ0n) is 41.1. The van der Waals surface area contributed by atoms with Crippen molar-refractivity contribution in [2.24, 2.45) is 0 Å². The Morgan fingerprint density at radius 3 is 0.678 bits per heavy atom. The molecule has 6 nitrogen and oxygen atoms in total. The minimum absolute atomic E-state index is 0. The van der Waals surface area contributed by atoms with Gasteiger partial charge in [0.2, 0.25) is 0 Å². The third kappa shape index (κ3) is 47.4. The maximum absolute atomic E-state index is 11.3. The monoisotopic (exact) mass is 861 g/mol. The van der Waals surface area contributed by atoms with Crippen molar-refractivity contribution >= 4 is 49.7 Å². The molecule has 0 fully saturated rings. The summed E-state index contributed by atoms with van der Waals surface area (Å²) < 4.78 is 0. The molecule has 348 valence electrons. The van der Waals surface area contributed by atoms with E-state index in [2.05, 4.69) is 51.3 Å². The Labute approximate surface area is 400 Å². The van der Waals surface area contributed by atoms with Crippen LogP contribution in [0, 0.1) is 0 Å². The van der Waals surface area contributed by atoms with Crippen LogP contribution in [0.1, 0.15) is 286 Å². The van der Waals surface area contributed by atoms with Crippen LogP contribution in [0.15, 0.2) is 0 Å². The van der Waals surface area contributed by atoms with E-state index in [0.29, 0.717) is 0 Å². The van der Waals surface area contributed by atoms with E-state index in [1.165, 1.54) is 205 Å². The summed E-state index contributed by atoms with van der Waals surface area (Å²) >= 11 is 0. The SMILES string of the molecule is CCCCCCCCCCN(CCCCCCCCCC)C(CCC)CC(=O)[O-].CCCCCCCCCCN(CCCCCCCCCC)C(CCC)CC(=O)[O-].[Ca+2]. The van der Waals surface area contributed by atoms with Gasteiger partial charge in [-0.25, -0.2) is 0 Å². The predicted molar refractivity (Wildman–Crippen MR) is 256 cm³/mol. The molecule has 0 amide bonds. The van der Waals surface area contributed by atoms with Crippen molar-refractivity contribution in [3.05, 3.63) is 0 Å². The third-order valence-corrected chi connectivity index (χ3v) is 12.3. The van der Waals surface area contributed by atoms with Crippen molar-refractivity contribution in [1.29, 1.82) is 0 Å². The molecule has 0 aliphatic heterocycles. The summed E-state index contributed by atoms with van der Waals surface area (Å²) in [6.45, 7) is 17.6. The van der Waals surface area contributed by atoms with Gasteiger partial charge in [0.1, 0.15) is 0 Å². The quantitative estimate of drug-likeness (QED) is 0.0448. The van der Waals surface area contributed by atoms with Crippen molar-refractivity contribution in [3.63, 3.8) is 0 Å². The van der Waals surface area contributed by atoms with Crippen molar-refractivity contribution in [3.8, 4) is 0 Å². The van der Waals surface area contributed by atoms with Crippen LogP contribution in [-0.4, -0.2) is 97.7 Å². The van der Waals surface area contributed by atoms with E-state index in [-0.39, 0.29) is 62.7 Å². The van der Waals surface area contributed by atoms with Gasteiger partial charge < -0.3 is 29.6 Å². The molecule has 0 rings (SSSR count). The average molecular weight is 861 g/mol. The summed E-state index contributed by atoms with van der Waals surface area (Å²) in [5, 5.41) is 22.5. The number of rotatable bonds is 46. The van der Waals surface area contributed by atoms with Crippen LogP contribution >= 0.6 is 0 Å². The summed E-state index contributed by atoms with van der Waals surface area (Å²) in [5.74, 6) is -1.78. The zero-order valence-corrected chi connectivity index (χ0v) is 43.3. The molecule has 0 aromatic heterocycles. The molecule has 2 unspecified atom stereocenters. The number of carbonyl (C=O) groups is 2. The number of hydrogen-bond acceptors (Lipinski definition) is 6. The number of aliphatic carboxylic acids is 2. The van der Waals surface area contributed by atoms with Gasteiger partial charge in [0.05, 0.1) is 0 Å². The van der Waals surface area contributed by atoms with Gasteiger partial charge in [-0.15, -0.1) is 0 Å². The second-order valence-corrected chi connectivity index (χ2v) is 18.0. The van der Waals surface area contributed by atoms with E-state index in [1.54, 1.807) is 0 Å². The molecule has 7 heteroatoms. The van der Waals surface area contributed by atoms with Crippen LogP contribution in [0.4, 0.5) is 0 Å². The first-order valence-corrected chi connectivity index (χ1v) is 26.2. The number of unbranched alkanes of at least 4 members (excludes halogenated alkanes) is 28. The van der Waals surface area contributed by atoms with Gasteiger partial charge >= 0.3 is 37.7 Å². The molecule has 0 aromatic rings. The molecule has 0 radical (unpaired) electrons. The maximum Gasteiger partial charge on any atom is 2.00 e. The molecule has 0 aliphatic rings. The van der Waals surface area contributed by atoms with E-state index >= 15 is 0 Å². The van der Waals surface area contributed by atoms with Gasteiger partial charge in [-0.1, -0.05) is 234 Å². The van der Waals surface area contributed by atoms with Gasteiger partial charge in [-0.2, -0.15) is 0 Å². The summed E-state index contributed by atoms with van der Waals surface area (Å²) in [4.78, 5) is 27.5. The van der Waals surface area contributed by atoms with E-state index in [0.717, 1.165) is 51.9 Å². The standard InChI is InChI=1S/2C26H53NO2.Ca/c2*1-4-7-9-11-13-15-17-19-22-27(25(21-6-3)24-26(28)29)23-20-18-16-14-12-10-8-5-2;/h2*25H,4-24H2,1-3H3,(H,28,29);/q;;+2/p-2. The Kier molecular flexibility index (Phi) is 56.4. The number of carbonyl (C=O) groups excluding carboxylic acids is 2. The Morgan fingerprint density at radius 2 is 0.508 bits per heavy atom. The molecule has 0 aliphatic carbocycles. The fourth-order valence-corrected chi connectivity index (χ4v) is 8.63. The molecular formula is C52H104CaN2O4. The summed E-state index contributed by atoms with van der Waals surface area (Å²) in [6.07, 6.45) is 46.9. The molecule has 2 atom stereocenters. The van der Waals surface area contributed by atoms with Crippen LogP contribution in [0.25, 0.3) is 0 Å². The molecule has 0 aromatic carbocycles. The van der Waals surface area contributed by atoms with Crippen LogP contribution in [0.2, 0.25) is 0 Å². The molecule has 0 N–H and O–H groups in total. The third-order valence-electron chi connectivity index (χ3n) is 12.3. The molecule has 59 heavy (non-hydrogen) atoms. The van der Waals surface area contributed by atoms with Crippen LogP contribution in [0.3, 0.4) is 0 Å². The van der Waals surface area contributed by atoms with Crippen LogP contribution in [-0.2, 0) is 9.59 Å².